The maximum atomic E-state index is 13.0. The number of ether oxygens (including phenoxy) is 1. The highest BCUT2D eigenvalue weighted by Crippen LogP contribution is 2.25. The van der Waals surface area contributed by atoms with Crippen LogP contribution in [0.5, 0.6) is 0 Å². The van der Waals surface area contributed by atoms with Crippen LogP contribution in [0.4, 0.5) is 10.7 Å². The van der Waals surface area contributed by atoms with E-state index in [-0.39, 0.29) is 11.5 Å². The number of fused-ring (bicyclic) bond motifs is 1. The molecule has 1 atom stereocenters. The van der Waals surface area contributed by atoms with E-state index in [1.54, 1.807) is 7.05 Å². The van der Waals surface area contributed by atoms with Gasteiger partial charge in [-0.2, -0.15) is 4.98 Å². The molecule has 33 heavy (non-hydrogen) atoms. The third-order valence-electron chi connectivity index (χ3n) is 5.75. The maximum Gasteiger partial charge on any atom is 0.407 e. The molecule has 2 aromatic heterocycles. The summed E-state index contributed by atoms with van der Waals surface area (Å²) in [4.78, 5) is 44.4. The number of carbonyl (C=O) groups is 1. The second-order valence-electron chi connectivity index (χ2n) is 10.0. The molecule has 0 aromatic carbocycles. The van der Waals surface area contributed by atoms with E-state index in [1.165, 1.54) is 11.6 Å². The number of anilines is 1. The van der Waals surface area contributed by atoms with E-state index in [0.717, 1.165) is 29.5 Å². The zero-order chi connectivity index (χ0) is 24.5. The minimum absolute atomic E-state index is 0.217. The molecule has 0 radical (unpaired) electrons. The van der Waals surface area contributed by atoms with E-state index in [2.05, 4.69) is 10.2 Å². The molecule has 0 aliphatic carbocycles. The first kappa shape index (κ1) is 24.6. The lowest BCUT2D eigenvalue weighted by Gasteiger charge is -2.34. The smallest absolute Gasteiger partial charge is 0.407 e. The Morgan fingerprint density at radius 1 is 1.21 bits per heavy atom. The monoisotopic (exact) mass is 460 g/mol. The van der Waals surface area contributed by atoms with Crippen LogP contribution in [-0.2, 0) is 25.4 Å². The number of rotatable bonds is 5. The Labute approximate surface area is 193 Å². The number of imidazole rings is 1. The van der Waals surface area contributed by atoms with Crippen LogP contribution in [0.15, 0.2) is 21.2 Å². The Balaban J connectivity index is 1.93. The predicted octanol–water partition coefficient (Wildman–Crippen LogP) is 2.14. The van der Waals surface area contributed by atoms with Gasteiger partial charge in [-0.25, -0.2) is 9.59 Å². The third kappa shape index (κ3) is 5.48. The molecule has 0 bridgehead atoms. The number of nitrogens with one attached hydrogen (secondary N) is 1. The largest absolute Gasteiger partial charge is 0.444 e. The van der Waals surface area contributed by atoms with Crippen LogP contribution in [-0.4, -0.2) is 50.0 Å². The molecular weight excluding hydrogens is 424 g/mol. The molecule has 1 aliphatic heterocycles. The minimum atomic E-state index is -0.541. The summed E-state index contributed by atoms with van der Waals surface area (Å²) in [6.45, 7) is 12.0. The Hall–Kier alpha value is -3.04. The number of hydrogen-bond acceptors (Lipinski definition) is 6. The Morgan fingerprint density at radius 3 is 2.55 bits per heavy atom. The second-order valence-corrected chi connectivity index (χ2v) is 10.0. The molecule has 3 rings (SSSR count). The Kier molecular flexibility index (Phi) is 7.04. The molecule has 1 aliphatic rings. The van der Waals surface area contributed by atoms with Gasteiger partial charge < -0.3 is 19.5 Å². The molecule has 1 unspecified atom stereocenters. The quantitative estimate of drug-likeness (QED) is 0.686. The number of nitrogens with zero attached hydrogens (tertiary/aromatic N) is 5. The zero-order valence-electron chi connectivity index (χ0n) is 20.8. The topological polar surface area (TPSA) is 103 Å². The lowest BCUT2D eigenvalue weighted by molar-refractivity contribution is 0.0517. The van der Waals surface area contributed by atoms with Gasteiger partial charge in [-0.1, -0.05) is 11.6 Å². The Morgan fingerprint density at radius 2 is 1.91 bits per heavy atom. The summed E-state index contributed by atoms with van der Waals surface area (Å²) in [5.74, 6) is 0.886. The molecule has 1 amide bonds. The van der Waals surface area contributed by atoms with Gasteiger partial charge >= 0.3 is 11.8 Å². The van der Waals surface area contributed by atoms with Crippen molar-refractivity contribution in [3.63, 3.8) is 0 Å². The van der Waals surface area contributed by atoms with E-state index in [9.17, 15) is 14.4 Å². The molecule has 0 saturated carbocycles. The molecule has 182 valence electrons. The van der Waals surface area contributed by atoms with Gasteiger partial charge in [0, 0.05) is 40.3 Å². The predicted molar refractivity (Wildman–Crippen MR) is 129 cm³/mol. The Bertz CT molecular complexity index is 1180. The summed E-state index contributed by atoms with van der Waals surface area (Å²) in [6, 6.07) is 0. The van der Waals surface area contributed by atoms with Gasteiger partial charge in [0.1, 0.15) is 5.60 Å². The van der Waals surface area contributed by atoms with Gasteiger partial charge in [-0.15, -0.1) is 0 Å². The van der Waals surface area contributed by atoms with Crippen molar-refractivity contribution in [3.8, 4) is 0 Å². The number of alkyl carbamates (subject to hydrolysis) is 1. The van der Waals surface area contributed by atoms with Crippen molar-refractivity contribution >= 4 is 23.2 Å². The molecule has 3 heterocycles. The summed E-state index contributed by atoms with van der Waals surface area (Å²) < 4.78 is 9.79. The normalized spacial score (nSPS) is 16.7. The molecule has 1 fully saturated rings. The van der Waals surface area contributed by atoms with E-state index >= 15 is 0 Å². The third-order valence-corrected chi connectivity index (χ3v) is 5.75. The fourth-order valence-corrected chi connectivity index (χ4v) is 4.08. The molecule has 1 saturated heterocycles. The average Bonchev–Trinajstić information content (AvgIpc) is 3.12. The highest BCUT2D eigenvalue weighted by atomic mass is 16.6. The zero-order valence-corrected chi connectivity index (χ0v) is 20.8. The summed E-state index contributed by atoms with van der Waals surface area (Å²) >= 11 is 0. The van der Waals surface area contributed by atoms with E-state index < -0.39 is 17.4 Å². The molecule has 10 heteroatoms. The SMILES string of the molecule is CC(C)=CCn1c(N2CCCC(CNC(=O)OC(C)(C)C)C2)nc2c1c(=O)n(C)c(=O)n2C. The summed E-state index contributed by atoms with van der Waals surface area (Å²) in [7, 11) is 3.12. The van der Waals surface area contributed by atoms with Crippen molar-refractivity contribution in [2.24, 2.45) is 20.0 Å². The van der Waals surface area contributed by atoms with Gasteiger partial charge in [0.15, 0.2) is 11.2 Å². The minimum Gasteiger partial charge on any atom is -0.444 e. The van der Waals surface area contributed by atoms with E-state index in [1.807, 2.05) is 45.3 Å². The highest BCUT2D eigenvalue weighted by molar-refractivity contribution is 5.74. The number of carbonyl (C=O) groups excluding carboxylic acids is 1. The molecule has 2 aromatic rings. The van der Waals surface area contributed by atoms with Gasteiger partial charge in [0.2, 0.25) is 5.95 Å². The van der Waals surface area contributed by atoms with E-state index in [0.29, 0.717) is 36.7 Å². The van der Waals surface area contributed by atoms with Crippen molar-refractivity contribution in [2.75, 3.05) is 24.5 Å². The lowest BCUT2D eigenvalue weighted by atomic mass is 9.98. The van der Waals surface area contributed by atoms with Crippen LogP contribution in [0.1, 0.15) is 47.5 Å². The first-order chi connectivity index (χ1) is 15.4. The van der Waals surface area contributed by atoms with Gasteiger partial charge in [-0.05, 0) is 53.4 Å². The first-order valence-electron chi connectivity index (χ1n) is 11.4. The summed E-state index contributed by atoms with van der Waals surface area (Å²) in [6.07, 6.45) is 3.53. The number of allylic oxidation sites excluding steroid dienone is 2. The van der Waals surface area contributed by atoms with Crippen molar-refractivity contribution in [1.29, 1.82) is 0 Å². The number of piperidine rings is 1. The maximum absolute atomic E-state index is 13.0. The van der Waals surface area contributed by atoms with E-state index in [4.69, 9.17) is 9.72 Å². The van der Waals surface area contributed by atoms with Gasteiger partial charge in [-0.3, -0.25) is 13.9 Å². The van der Waals surface area contributed by atoms with Crippen LogP contribution in [0.3, 0.4) is 0 Å². The number of aryl methyl sites for hydroxylation is 1. The average molecular weight is 461 g/mol. The molecule has 10 nitrogen and oxygen atoms in total. The fraction of sp³-hybridized carbons (Fsp3) is 0.652. The number of hydrogen-bond donors (Lipinski definition) is 1. The van der Waals surface area contributed by atoms with Crippen molar-refractivity contribution < 1.29 is 9.53 Å². The number of aromatic nitrogens is 4. The standard InChI is InChI=1S/C23H36N6O4/c1-15(2)10-12-29-17-18(26(6)22(32)27(7)19(17)30)25-20(29)28-11-8-9-16(14-28)13-24-21(31)33-23(3,4)5/h10,16H,8-9,11-14H2,1-7H3,(H,24,31). The number of amides is 1. The fourth-order valence-electron chi connectivity index (χ4n) is 4.08. The summed E-state index contributed by atoms with van der Waals surface area (Å²) in [5, 5.41) is 2.87. The second kappa shape index (κ2) is 9.44. The van der Waals surface area contributed by atoms with Gasteiger partial charge in [0.25, 0.3) is 5.56 Å². The molecular formula is C23H36N6O4. The first-order valence-corrected chi connectivity index (χ1v) is 11.4. The van der Waals surface area contributed by atoms with Crippen molar-refractivity contribution in [2.45, 2.75) is 59.6 Å². The van der Waals surface area contributed by atoms with Gasteiger partial charge in [0.05, 0.1) is 0 Å². The molecule has 0 spiro atoms. The summed E-state index contributed by atoms with van der Waals surface area (Å²) in [5.41, 5.74) is 0.636. The molecule has 1 N–H and O–H groups in total. The van der Waals surface area contributed by atoms with Crippen molar-refractivity contribution in [1.82, 2.24) is 24.0 Å². The van der Waals surface area contributed by atoms with Crippen LogP contribution in [0.2, 0.25) is 0 Å². The van der Waals surface area contributed by atoms with Crippen LogP contribution in [0.25, 0.3) is 11.2 Å². The van der Waals surface area contributed by atoms with Crippen LogP contribution in [0, 0.1) is 5.92 Å². The highest BCUT2D eigenvalue weighted by Gasteiger charge is 2.27. The lowest BCUT2D eigenvalue weighted by Crippen LogP contribution is -2.43. The van der Waals surface area contributed by atoms with Crippen LogP contribution >= 0.6 is 0 Å². The van der Waals surface area contributed by atoms with Crippen LogP contribution < -0.4 is 21.5 Å². The van der Waals surface area contributed by atoms with Crippen molar-refractivity contribution in [3.05, 3.63) is 32.5 Å².